The van der Waals surface area contributed by atoms with E-state index < -0.39 is 0 Å². The van der Waals surface area contributed by atoms with Crippen LogP contribution in [0.2, 0.25) is 0 Å². The number of carbonyl (C=O) groups excluding carboxylic acids is 1. The van der Waals surface area contributed by atoms with Crippen LogP contribution in [0.25, 0.3) is 10.2 Å². The molecule has 0 unspecified atom stereocenters. The monoisotopic (exact) mass is 431 g/mol. The standard InChI is InChI=1S/C22H26FN3OS2/c1-4-25(5-2)13-14-26(21(27)16-7-10-18(11-8-16)28-6-3)22-24-19-12-9-17(23)15-20(19)29-22/h7-12,15H,4-6,13-14H2,1-3H3. The molecule has 1 amide bonds. The van der Waals surface area contributed by atoms with Crippen molar-refractivity contribution in [1.82, 2.24) is 9.88 Å². The number of hydrogen-bond acceptors (Lipinski definition) is 5. The number of aromatic nitrogens is 1. The number of rotatable bonds is 9. The predicted octanol–water partition coefficient (Wildman–Crippen LogP) is 5.54. The topological polar surface area (TPSA) is 36.4 Å². The van der Waals surface area contributed by atoms with E-state index in [1.807, 2.05) is 24.3 Å². The molecule has 0 fully saturated rings. The second-order valence-electron chi connectivity index (χ2n) is 6.55. The molecule has 0 aliphatic heterocycles. The summed E-state index contributed by atoms with van der Waals surface area (Å²) < 4.78 is 14.4. The molecule has 3 aromatic rings. The van der Waals surface area contributed by atoms with Crippen molar-refractivity contribution in [2.75, 3.05) is 36.8 Å². The number of halogens is 1. The summed E-state index contributed by atoms with van der Waals surface area (Å²) in [5, 5.41) is 0.606. The van der Waals surface area contributed by atoms with E-state index in [1.165, 1.54) is 23.5 Å². The van der Waals surface area contributed by atoms with E-state index in [4.69, 9.17) is 0 Å². The minimum atomic E-state index is -0.294. The van der Waals surface area contributed by atoms with Crippen LogP contribution < -0.4 is 4.90 Å². The molecule has 0 bridgehead atoms. The van der Waals surface area contributed by atoms with Crippen LogP contribution in [0.15, 0.2) is 47.4 Å². The minimum absolute atomic E-state index is 0.0790. The van der Waals surface area contributed by atoms with Gasteiger partial charge in [-0.15, -0.1) is 11.8 Å². The smallest absolute Gasteiger partial charge is 0.260 e. The van der Waals surface area contributed by atoms with Crippen molar-refractivity contribution in [2.24, 2.45) is 0 Å². The molecule has 0 aliphatic rings. The van der Waals surface area contributed by atoms with Gasteiger partial charge in [-0.3, -0.25) is 9.69 Å². The van der Waals surface area contributed by atoms with E-state index in [0.717, 1.165) is 35.0 Å². The third-order valence-electron chi connectivity index (χ3n) is 4.76. The average molecular weight is 432 g/mol. The number of thioether (sulfide) groups is 1. The number of fused-ring (bicyclic) bond motifs is 1. The lowest BCUT2D eigenvalue weighted by atomic mass is 10.2. The van der Waals surface area contributed by atoms with Crippen LogP contribution in [0.4, 0.5) is 9.52 Å². The molecule has 2 aromatic carbocycles. The van der Waals surface area contributed by atoms with E-state index in [9.17, 15) is 9.18 Å². The van der Waals surface area contributed by atoms with E-state index in [2.05, 4.69) is 30.7 Å². The first kappa shape index (κ1) is 21.7. The van der Waals surface area contributed by atoms with Crippen molar-refractivity contribution in [2.45, 2.75) is 25.7 Å². The number of benzene rings is 2. The number of thiazole rings is 1. The van der Waals surface area contributed by atoms with Gasteiger partial charge in [-0.1, -0.05) is 32.1 Å². The molecule has 0 radical (unpaired) electrons. The lowest BCUT2D eigenvalue weighted by molar-refractivity contribution is 0.0983. The van der Waals surface area contributed by atoms with Gasteiger partial charge in [-0.25, -0.2) is 9.37 Å². The second kappa shape index (κ2) is 10.2. The van der Waals surface area contributed by atoms with Crippen LogP contribution in [0.5, 0.6) is 0 Å². The van der Waals surface area contributed by atoms with Crippen molar-refractivity contribution in [3.8, 4) is 0 Å². The first-order valence-corrected chi connectivity index (χ1v) is 11.7. The van der Waals surface area contributed by atoms with Crippen molar-refractivity contribution < 1.29 is 9.18 Å². The first-order chi connectivity index (χ1) is 14.0. The molecule has 0 aliphatic carbocycles. The summed E-state index contributed by atoms with van der Waals surface area (Å²) in [7, 11) is 0. The number of amides is 1. The molecule has 0 atom stereocenters. The molecule has 0 N–H and O–H groups in total. The van der Waals surface area contributed by atoms with Crippen molar-refractivity contribution in [3.63, 3.8) is 0 Å². The Morgan fingerprint density at radius 1 is 1.07 bits per heavy atom. The molecule has 1 heterocycles. The molecule has 1 aromatic heterocycles. The van der Waals surface area contributed by atoms with Gasteiger partial charge < -0.3 is 4.90 Å². The molecule has 7 heteroatoms. The van der Waals surface area contributed by atoms with Gasteiger partial charge in [0.2, 0.25) is 0 Å². The Morgan fingerprint density at radius 2 is 1.79 bits per heavy atom. The van der Waals surface area contributed by atoms with Crippen molar-refractivity contribution >= 4 is 44.4 Å². The zero-order valence-electron chi connectivity index (χ0n) is 17.0. The Labute approximate surface area is 179 Å². The molecule has 0 saturated heterocycles. The highest BCUT2D eigenvalue weighted by atomic mass is 32.2. The van der Waals surface area contributed by atoms with Crippen molar-refractivity contribution in [3.05, 3.63) is 53.8 Å². The van der Waals surface area contributed by atoms with Gasteiger partial charge in [0.15, 0.2) is 5.13 Å². The van der Waals surface area contributed by atoms with Gasteiger partial charge >= 0.3 is 0 Å². The molecule has 3 rings (SSSR count). The lowest BCUT2D eigenvalue weighted by Gasteiger charge is -2.24. The van der Waals surface area contributed by atoms with Crippen LogP contribution in [-0.2, 0) is 0 Å². The fourth-order valence-electron chi connectivity index (χ4n) is 3.08. The summed E-state index contributed by atoms with van der Waals surface area (Å²) in [6.45, 7) is 9.47. The third kappa shape index (κ3) is 5.35. The SMILES string of the molecule is CCSc1ccc(C(=O)N(CCN(CC)CC)c2nc3ccc(F)cc3s2)cc1. The quantitative estimate of drug-likeness (QED) is 0.417. The van der Waals surface area contributed by atoms with E-state index in [0.29, 0.717) is 22.8 Å². The molecule has 29 heavy (non-hydrogen) atoms. The Balaban J connectivity index is 1.91. The van der Waals surface area contributed by atoms with Gasteiger partial charge in [0.05, 0.1) is 10.2 Å². The molecule has 4 nitrogen and oxygen atoms in total. The summed E-state index contributed by atoms with van der Waals surface area (Å²) in [5.74, 6) is 0.619. The number of likely N-dealkylation sites (N-methyl/N-ethyl adjacent to an activating group) is 1. The molecule has 0 saturated carbocycles. The zero-order chi connectivity index (χ0) is 20.8. The van der Waals surface area contributed by atoms with Gasteiger partial charge in [-0.05, 0) is 61.3 Å². The predicted molar refractivity (Wildman–Crippen MR) is 122 cm³/mol. The maximum Gasteiger partial charge on any atom is 0.260 e. The second-order valence-corrected chi connectivity index (χ2v) is 8.90. The Morgan fingerprint density at radius 3 is 2.45 bits per heavy atom. The summed E-state index contributed by atoms with van der Waals surface area (Å²) in [6, 6.07) is 12.2. The molecule has 0 spiro atoms. The third-order valence-corrected chi connectivity index (χ3v) is 6.70. The molecular weight excluding hydrogens is 405 g/mol. The Kier molecular flexibility index (Phi) is 7.64. The van der Waals surface area contributed by atoms with Gasteiger partial charge in [-0.2, -0.15) is 0 Å². The largest absolute Gasteiger partial charge is 0.302 e. The lowest BCUT2D eigenvalue weighted by Crippen LogP contribution is -2.38. The maximum absolute atomic E-state index is 13.6. The van der Waals surface area contributed by atoms with Crippen molar-refractivity contribution in [1.29, 1.82) is 0 Å². The fraction of sp³-hybridized carbons (Fsp3) is 0.364. The van der Waals surface area contributed by atoms with Gasteiger partial charge in [0, 0.05) is 23.5 Å². The average Bonchev–Trinajstić information content (AvgIpc) is 3.14. The van der Waals surface area contributed by atoms with Crippen LogP contribution in [-0.4, -0.2) is 47.7 Å². The highest BCUT2D eigenvalue weighted by Gasteiger charge is 2.22. The van der Waals surface area contributed by atoms with Crippen LogP contribution >= 0.6 is 23.1 Å². The number of nitrogens with zero attached hydrogens (tertiary/aromatic N) is 3. The Bertz CT molecular complexity index is 954. The summed E-state index contributed by atoms with van der Waals surface area (Å²) in [4.78, 5) is 23.1. The summed E-state index contributed by atoms with van der Waals surface area (Å²) >= 11 is 3.10. The number of carbonyl (C=O) groups is 1. The minimum Gasteiger partial charge on any atom is -0.302 e. The zero-order valence-corrected chi connectivity index (χ0v) is 18.7. The van der Waals surface area contributed by atoms with Crippen LogP contribution in [0.1, 0.15) is 31.1 Å². The summed E-state index contributed by atoms with van der Waals surface area (Å²) in [5.41, 5.74) is 1.34. The van der Waals surface area contributed by atoms with E-state index in [-0.39, 0.29) is 11.7 Å². The fourth-order valence-corrected chi connectivity index (χ4v) is 4.76. The van der Waals surface area contributed by atoms with E-state index in [1.54, 1.807) is 22.7 Å². The first-order valence-electron chi connectivity index (χ1n) is 9.88. The molecular formula is C22H26FN3OS2. The van der Waals surface area contributed by atoms with Gasteiger partial charge in [0.25, 0.3) is 5.91 Å². The van der Waals surface area contributed by atoms with Crippen LogP contribution in [0, 0.1) is 5.82 Å². The number of anilines is 1. The van der Waals surface area contributed by atoms with Crippen LogP contribution in [0.3, 0.4) is 0 Å². The maximum atomic E-state index is 13.6. The number of hydrogen-bond donors (Lipinski definition) is 0. The van der Waals surface area contributed by atoms with E-state index >= 15 is 0 Å². The Hall–Kier alpha value is -1.96. The molecule has 154 valence electrons. The summed E-state index contributed by atoms with van der Waals surface area (Å²) in [6.07, 6.45) is 0. The highest BCUT2D eigenvalue weighted by molar-refractivity contribution is 7.99. The normalized spacial score (nSPS) is 11.3. The highest BCUT2D eigenvalue weighted by Crippen LogP contribution is 2.30. The van der Waals surface area contributed by atoms with Gasteiger partial charge in [0.1, 0.15) is 5.82 Å².